The number of H-pyrrole nitrogens is 1. The first kappa shape index (κ1) is 20.4. The Morgan fingerprint density at radius 1 is 1.28 bits per heavy atom. The minimum absolute atomic E-state index is 0.170. The van der Waals surface area contributed by atoms with E-state index in [4.69, 9.17) is 4.74 Å². The molecule has 1 aromatic heterocycles. The number of nitrogens with one attached hydrogen (secondary N) is 1. The van der Waals surface area contributed by atoms with Crippen molar-refractivity contribution in [3.63, 3.8) is 0 Å². The van der Waals surface area contributed by atoms with Crippen LogP contribution in [0.4, 0.5) is 0 Å². The number of amides is 1. The number of aromatic amines is 1. The topological polar surface area (TPSA) is 51.8 Å². The lowest BCUT2D eigenvalue weighted by Crippen LogP contribution is -2.42. The van der Waals surface area contributed by atoms with Gasteiger partial charge in [-0.25, -0.2) is 0 Å². The van der Waals surface area contributed by atoms with E-state index in [1.807, 2.05) is 13.1 Å². The average Bonchev–Trinajstić information content (AvgIpc) is 3.33. The van der Waals surface area contributed by atoms with Crippen molar-refractivity contribution >= 4 is 16.8 Å². The fraction of sp³-hybridized carbons (Fsp3) is 0.609. The predicted molar refractivity (Wildman–Crippen MR) is 116 cm³/mol. The number of ether oxygens (including phenoxy) is 1. The molecule has 158 valence electrons. The van der Waals surface area contributed by atoms with Crippen LogP contribution in [0.5, 0.6) is 0 Å². The second kappa shape index (κ2) is 8.46. The highest BCUT2D eigenvalue weighted by Crippen LogP contribution is 2.43. The third kappa shape index (κ3) is 4.34. The van der Waals surface area contributed by atoms with Gasteiger partial charge in [-0.2, -0.15) is 0 Å². The van der Waals surface area contributed by atoms with Gasteiger partial charge in [0.05, 0.1) is 13.0 Å². The summed E-state index contributed by atoms with van der Waals surface area (Å²) in [6.45, 7) is 9.05. The van der Waals surface area contributed by atoms with Gasteiger partial charge < -0.3 is 19.5 Å². The lowest BCUT2D eigenvalue weighted by Gasteiger charge is -2.32. The van der Waals surface area contributed by atoms with Crippen molar-refractivity contribution in [3.05, 3.63) is 36.0 Å². The van der Waals surface area contributed by atoms with Crippen LogP contribution in [0.1, 0.15) is 18.9 Å². The maximum atomic E-state index is 12.7. The third-order valence-corrected chi connectivity index (χ3v) is 6.50. The Morgan fingerprint density at radius 3 is 2.93 bits per heavy atom. The molecule has 2 aliphatic heterocycles. The van der Waals surface area contributed by atoms with Crippen molar-refractivity contribution in [1.82, 2.24) is 19.7 Å². The predicted octanol–water partition coefficient (Wildman–Crippen LogP) is 2.42. The van der Waals surface area contributed by atoms with Crippen LogP contribution in [0.25, 0.3) is 10.9 Å². The molecule has 29 heavy (non-hydrogen) atoms. The van der Waals surface area contributed by atoms with Crippen LogP contribution in [0, 0.1) is 11.3 Å². The van der Waals surface area contributed by atoms with E-state index in [0.717, 1.165) is 39.3 Å². The highest BCUT2D eigenvalue weighted by atomic mass is 16.5. The van der Waals surface area contributed by atoms with Gasteiger partial charge in [-0.1, -0.05) is 6.07 Å². The molecule has 2 aliphatic rings. The number of hydrogen-bond donors (Lipinski definition) is 1. The number of aromatic nitrogens is 1. The van der Waals surface area contributed by atoms with Crippen molar-refractivity contribution in [1.29, 1.82) is 0 Å². The summed E-state index contributed by atoms with van der Waals surface area (Å²) < 4.78 is 5.39. The van der Waals surface area contributed by atoms with Gasteiger partial charge in [0.2, 0.25) is 5.91 Å². The molecule has 2 atom stereocenters. The second-order valence-corrected chi connectivity index (χ2v) is 9.09. The van der Waals surface area contributed by atoms with E-state index in [2.05, 4.69) is 58.0 Å². The summed E-state index contributed by atoms with van der Waals surface area (Å²) >= 11 is 0. The lowest BCUT2D eigenvalue weighted by atomic mass is 9.80. The number of likely N-dealkylation sites (tertiary alicyclic amines) is 2. The third-order valence-electron chi connectivity index (χ3n) is 6.50. The quantitative estimate of drug-likeness (QED) is 0.694. The summed E-state index contributed by atoms with van der Waals surface area (Å²) in [7, 11) is 4.29. The van der Waals surface area contributed by atoms with Crippen molar-refractivity contribution in [2.45, 2.75) is 19.9 Å². The molecule has 1 amide bonds. The fourth-order valence-corrected chi connectivity index (χ4v) is 5.38. The Bertz CT molecular complexity index is 848. The summed E-state index contributed by atoms with van der Waals surface area (Å²) in [5.41, 5.74) is 2.72. The van der Waals surface area contributed by atoms with Crippen LogP contribution in [0.2, 0.25) is 0 Å². The zero-order valence-electron chi connectivity index (χ0n) is 18.0. The van der Waals surface area contributed by atoms with Crippen molar-refractivity contribution in [2.75, 3.05) is 60.0 Å². The SMILES string of the molecule is CCOCCC(=O)N1CC2CN(Cc3ccc4[nH]ccc4c3)CC2(CN(C)C)C1. The lowest BCUT2D eigenvalue weighted by molar-refractivity contribution is -0.131. The van der Waals surface area contributed by atoms with E-state index < -0.39 is 0 Å². The summed E-state index contributed by atoms with van der Waals surface area (Å²) in [4.78, 5) is 22.9. The normalized spacial score (nSPS) is 24.7. The van der Waals surface area contributed by atoms with Crippen molar-refractivity contribution in [3.8, 4) is 0 Å². The first-order chi connectivity index (χ1) is 14.0. The molecule has 0 saturated carbocycles. The number of fused-ring (bicyclic) bond motifs is 2. The van der Waals surface area contributed by atoms with Gasteiger partial charge in [0, 0.05) is 63.0 Å². The summed E-state index contributed by atoms with van der Waals surface area (Å²) in [6.07, 6.45) is 2.50. The van der Waals surface area contributed by atoms with Crippen LogP contribution in [0.3, 0.4) is 0 Å². The number of carbonyl (C=O) groups is 1. The molecule has 4 rings (SSSR count). The highest BCUT2D eigenvalue weighted by Gasteiger charge is 2.53. The van der Waals surface area contributed by atoms with Crippen LogP contribution in [-0.2, 0) is 16.1 Å². The van der Waals surface area contributed by atoms with Crippen molar-refractivity contribution in [2.24, 2.45) is 11.3 Å². The smallest absolute Gasteiger partial charge is 0.224 e. The Morgan fingerprint density at radius 2 is 2.14 bits per heavy atom. The molecule has 3 heterocycles. The van der Waals surface area contributed by atoms with Crippen LogP contribution >= 0.6 is 0 Å². The van der Waals surface area contributed by atoms with E-state index in [-0.39, 0.29) is 11.3 Å². The maximum Gasteiger partial charge on any atom is 0.224 e. The van der Waals surface area contributed by atoms with E-state index in [1.54, 1.807) is 0 Å². The molecule has 2 aromatic rings. The molecule has 0 aliphatic carbocycles. The molecule has 0 bridgehead atoms. The average molecular weight is 399 g/mol. The number of carbonyl (C=O) groups excluding carboxylic acids is 1. The number of benzene rings is 1. The molecule has 1 N–H and O–H groups in total. The molecule has 6 nitrogen and oxygen atoms in total. The molecule has 6 heteroatoms. The largest absolute Gasteiger partial charge is 0.381 e. The standard InChI is InChI=1S/C23H34N4O2/c1-4-29-10-8-22(28)27-14-20-13-26(16-23(20,17-27)15-25(2)3)12-18-5-6-21-19(11-18)7-9-24-21/h5-7,9,11,20,24H,4,8,10,12-17H2,1-3H3. The summed E-state index contributed by atoms with van der Waals surface area (Å²) in [5, 5.41) is 1.27. The number of hydrogen-bond acceptors (Lipinski definition) is 4. The Labute approximate surface area is 173 Å². The number of nitrogens with zero attached hydrogens (tertiary/aromatic N) is 3. The van der Waals surface area contributed by atoms with Gasteiger partial charge in [-0.05, 0) is 56.1 Å². The number of rotatable bonds is 8. The maximum absolute atomic E-state index is 12.7. The minimum atomic E-state index is 0.170. The molecular weight excluding hydrogens is 364 g/mol. The van der Waals surface area contributed by atoms with Gasteiger partial charge in [0.1, 0.15) is 0 Å². The van der Waals surface area contributed by atoms with E-state index in [0.29, 0.717) is 25.6 Å². The van der Waals surface area contributed by atoms with Crippen molar-refractivity contribution < 1.29 is 9.53 Å². The summed E-state index contributed by atoms with van der Waals surface area (Å²) in [6, 6.07) is 8.84. The Kier molecular flexibility index (Phi) is 5.95. The molecular formula is C23H34N4O2. The van der Waals surface area contributed by atoms with Gasteiger partial charge in [-0.3, -0.25) is 9.69 Å². The molecule has 2 fully saturated rings. The second-order valence-electron chi connectivity index (χ2n) is 9.09. The van der Waals surface area contributed by atoms with Gasteiger partial charge in [-0.15, -0.1) is 0 Å². The fourth-order valence-electron chi connectivity index (χ4n) is 5.38. The summed E-state index contributed by atoms with van der Waals surface area (Å²) in [5.74, 6) is 0.785. The Hall–Kier alpha value is -1.89. The van der Waals surface area contributed by atoms with E-state index in [9.17, 15) is 4.79 Å². The first-order valence-electron chi connectivity index (χ1n) is 10.8. The van der Waals surface area contributed by atoms with E-state index >= 15 is 0 Å². The minimum Gasteiger partial charge on any atom is -0.381 e. The molecule has 2 saturated heterocycles. The monoisotopic (exact) mass is 398 g/mol. The highest BCUT2D eigenvalue weighted by molar-refractivity contribution is 5.80. The van der Waals surface area contributed by atoms with Gasteiger partial charge in [0.15, 0.2) is 0 Å². The van der Waals surface area contributed by atoms with Crippen LogP contribution in [-0.4, -0.2) is 85.6 Å². The Balaban J connectivity index is 1.43. The van der Waals surface area contributed by atoms with Gasteiger partial charge >= 0.3 is 0 Å². The zero-order valence-corrected chi connectivity index (χ0v) is 18.0. The van der Waals surface area contributed by atoms with Gasteiger partial charge in [0.25, 0.3) is 0 Å². The van der Waals surface area contributed by atoms with E-state index in [1.165, 1.54) is 16.5 Å². The molecule has 1 aromatic carbocycles. The molecule has 0 spiro atoms. The molecule has 0 radical (unpaired) electrons. The van der Waals surface area contributed by atoms with Crippen LogP contribution < -0.4 is 0 Å². The zero-order chi connectivity index (χ0) is 20.4. The van der Waals surface area contributed by atoms with Crippen LogP contribution in [0.15, 0.2) is 30.5 Å². The molecule has 2 unspecified atom stereocenters. The first-order valence-corrected chi connectivity index (χ1v) is 10.8.